The first-order valence-corrected chi connectivity index (χ1v) is 8.26. The van der Waals surface area contributed by atoms with Gasteiger partial charge in [-0.25, -0.2) is 0 Å². The molecular formula is C16H26O6. The fraction of sp³-hybridized carbons (Fsp3) is 0.875. The zero-order valence-corrected chi connectivity index (χ0v) is 12.9. The number of rotatable bonds is 7. The molecular weight excluding hydrogens is 288 g/mol. The molecule has 2 aliphatic carbocycles. The van der Waals surface area contributed by atoms with E-state index in [1.807, 2.05) is 0 Å². The maximum absolute atomic E-state index is 11.2. The second kappa shape index (κ2) is 8.48. The van der Waals surface area contributed by atoms with Crippen LogP contribution < -0.4 is 0 Å². The molecule has 0 aromatic carbocycles. The van der Waals surface area contributed by atoms with E-state index in [0.29, 0.717) is 32.2 Å². The van der Waals surface area contributed by atoms with E-state index in [-0.39, 0.29) is 12.5 Å². The Kier molecular flexibility index (Phi) is 6.64. The van der Waals surface area contributed by atoms with Crippen molar-refractivity contribution in [1.82, 2.24) is 0 Å². The predicted octanol–water partition coefficient (Wildman–Crippen LogP) is 2.31. The third-order valence-electron chi connectivity index (χ3n) is 4.78. The van der Waals surface area contributed by atoms with Gasteiger partial charge in [0.2, 0.25) is 0 Å². The van der Waals surface area contributed by atoms with E-state index in [1.54, 1.807) is 0 Å². The summed E-state index contributed by atoms with van der Waals surface area (Å²) in [6.45, 7) is 0.979. The van der Waals surface area contributed by atoms with Crippen molar-refractivity contribution in [3.05, 3.63) is 0 Å². The molecule has 0 spiro atoms. The fourth-order valence-corrected chi connectivity index (χ4v) is 3.51. The van der Waals surface area contributed by atoms with Crippen LogP contribution in [0, 0.1) is 11.8 Å². The Labute approximate surface area is 130 Å². The molecule has 6 nitrogen and oxygen atoms in total. The molecule has 0 radical (unpaired) electrons. The quantitative estimate of drug-likeness (QED) is 0.700. The minimum atomic E-state index is -1.04. The molecule has 126 valence electrons. The Hall–Kier alpha value is -1.14. The van der Waals surface area contributed by atoms with Crippen LogP contribution in [0.15, 0.2) is 0 Å². The van der Waals surface area contributed by atoms with Gasteiger partial charge in [-0.2, -0.15) is 0 Å². The number of carboxylic acid groups (broad SMARTS) is 2. The maximum atomic E-state index is 11.2. The van der Waals surface area contributed by atoms with Crippen LogP contribution in [0.1, 0.15) is 51.4 Å². The highest BCUT2D eigenvalue weighted by molar-refractivity contribution is 5.80. The average molecular weight is 314 g/mol. The van der Waals surface area contributed by atoms with Gasteiger partial charge in [-0.05, 0) is 32.1 Å². The summed E-state index contributed by atoms with van der Waals surface area (Å²) < 4.78 is 11.5. The summed E-state index contributed by atoms with van der Waals surface area (Å²) in [6, 6.07) is 0. The van der Waals surface area contributed by atoms with E-state index >= 15 is 0 Å². The van der Waals surface area contributed by atoms with Crippen molar-refractivity contribution >= 4 is 11.9 Å². The molecule has 6 heteroatoms. The second-order valence-electron chi connectivity index (χ2n) is 6.33. The summed E-state index contributed by atoms with van der Waals surface area (Å²) in [5.41, 5.74) is 0. The zero-order valence-electron chi connectivity index (χ0n) is 12.9. The minimum Gasteiger partial charge on any atom is -0.481 e. The summed E-state index contributed by atoms with van der Waals surface area (Å²) in [4.78, 5) is 22.3. The van der Waals surface area contributed by atoms with Gasteiger partial charge in [0.1, 0.15) is 0 Å². The van der Waals surface area contributed by atoms with E-state index in [9.17, 15) is 14.7 Å². The third-order valence-corrected chi connectivity index (χ3v) is 4.78. The normalized spacial score (nSPS) is 30.1. The molecule has 3 atom stereocenters. The summed E-state index contributed by atoms with van der Waals surface area (Å²) in [5.74, 6) is -3.71. The van der Waals surface area contributed by atoms with Crippen molar-refractivity contribution in [2.45, 2.75) is 63.6 Å². The Morgan fingerprint density at radius 2 is 1.36 bits per heavy atom. The number of ether oxygens (including phenoxy) is 2. The molecule has 0 aromatic heterocycles. The average Bonchev–Trinajstić information content (AvgIpc) is 2.52. The Morgan fingerprint density at radius 3 is 1.95 bits per heavy atom. The van der Waals surface area contributed by atoms with E-state index in [1.165, 1.54) is 19.3 Å². The van der Waals surface area contributed by atoms with Gasteiger partial charge in [0, 0.05) is 0 Å². The van der Waals surface area contributed by atoms with Crippen molar-refractivity contribution in [1.29, 1.82) is 0 Å². The molecule has 2 N–H and O–H groups in total. The molecule has 0 aromatic rings. The van der Waals surface area contributed by atoms with E-state index in [0.717, 1.165) is 12.8 Å². The van der Waals surface area contributed by atoms with Crippen LogP contribution in [0.25, 0.3) is 0 Å². The lowest BCUT2D eigenvalue weighted by molar-refractivity contribution is -0.159. The Balaban J connectivity index is 1.67. The molecule has 3 unspecified atom stereocenters. The summed E-state index contributed by atoms with van der Waals surface area (Å²) in [6.07, 6.45) is 7.38. The lowest BCUT2D eigenvalue weighted by Gasteiger charge is -2.31. The molecule has 2 aliphatic rings. The number of aliphatic carboxylic acids is 2. The first-order valence-electron chi connectivity index (χ1n) is 8.26. The molecule has 2 fully saturated rings. The smallest absolute Gasteiger partial charge is 0.307 e. The molecule has 0 amide bonds. The highest BCUT2D eigenvalue weighted by atomic mass is 16.5. The van der Waals surface area contributed by atoms with Crippen LogP contribution in [-0.2, 0) is 19.1 Å². The van der Waals surface area contributed by atoms with Gasteiger partial charge in [0.25, 0.3) is 0 Å². The van der Waals surface area contributed by atoms with Gasteiger partial charge in [-0.3, -0.25) is 9.59 Å². The van der Waals surface area contributed by atoms with Gasteiger partial charge in [-0.1, -0.05) is 19.3 Å². The number of carbonyl (C=O) groups is 2. The molecule has 0 heterocycles. The zero-order chi connectivity index (χ0) is 15.9. The first-order chi connectivity index (χ1) is 10.6. The highest BCUT2D eigenvalue weighted by Gasteiger charge is 2.39. The van der Waals surface area contributed by atoms with Crippen molar-refractivity contribution < 1.29 is 29.3 Å². The number of carboxylic acids is 2. The molecule has 0 aliphatic heterocycles. The molecule has 2 rings (SSSR count). The molecule has 2 saturated carbocycles. The van der Waals surface area contributed by atoms with Crippen LogP contribution in [0.2, 0.25) is 0 Å². The number of hydrogen-bond acceptors (Lipinski definition) is 4. The SMILES string of the molecule is O=C(O)C1CCC(OCCOC2CCCCC2)CC1C(=O)O. The molecule has 22 heavy (non-hydrogen) atoms. The monoisotopic (exact) mass is 314 g/mol. The fourth-order valence-electron chi connectivity index (χ4n) is 3.51. The topological polar surface area (TPSA) is 93.1 Å². The van der Waals surface area contributed by atoms with E-state index < -0.39 is 23.8 Å². The summed E-state index contributed by atoms with van der Waals surface area (Å²) in [7, 11) is 0. The third kappa shape index (κ3) is 4.95. The Morgan fingerprint density at radius 1 is 0.773 bits per heavy atom. The van der Waals surface area contributed by atoms with Crippen molar-refractivity contribution in [3.8, 4) is 0 Å². The molecule has 0 saturated heterocycles. The van der Waals surface area contributed by atoms with Crippen molar-refractivity contribution in [2.24, 2.45) is 11.8 Å². The van der Waals surface area contributed by atoms with Crippen LogP contribution in [0.3, 0.4) is 0 Å². The summed E-state index contributed by atoms with van der Waals surface area (Å²) in [5, 5.41) is 18.3. The summed E-state index contributed by atoms with van der Waals surface area (Å²) >= 11 is 0. The van der Waals surface area contributed by atoms with Crippen LogP contribution in [0.5, 0.6) is 0 Å². The van der Waals surface area contributed by atoms with Crippen molar-refractivity contribution in [2.75, 3.05) is 13.2 Å². The van der Waals surface area contributed by atoms with Gasteiger partial charge < -0.3 is 19.7 Å². The van der Waals surface area contributed by atoms with Crippen LogP contribution in [0.4, 0.5) is 0 Å². The van der Waals surface area contributed by atoms with Gasteiger partial charge >= 0.3 is 11.9 Å². The van der Waals surface area contributed by atoms with Crippen molar-refractivity contribution in [3.63, 3.8) is 0 Å². The Bertz CT molecular complexity index is 377. The second-order valence-corrected chi connectivity index (χ2v) is 6.33. The maximum Gasteiger partial charge on any atom is 0.307 e. The standard InChI is InChI=1S/C16H26O6/c17-15(18)13-7-6-12(10-14(13)16(19)20)22-9-8-21-11-4-2-1-3-5-11/h11-14H,1-10H2,(H,17,18)(H,19,20). The lowest BCUT2D eigenvalue weighted by atomic mass is 9.78. The van der Waals surface area contributed by atoms with Gasteiger partial charge in [0.05, 0.1) is 37.3 Å². The lowest BCUT2D eigenvalue weighted by Crippen LogP contribution is -2.38. The van der Waals surface area contributed by atoms with Crippen LogP contribution in [-0.4, -0.2) is 47.6 Å². The highest BCUT2D eigenvalue weighted by Crippen LogP contribution is 2.32. The van der Waals surface area contributed by atoms with Gasteiger partial charge in [-0.15, -0.1) is 0 Å². The van der Waals surface area contributed by atoms with E-state index in [2.05, 4.69) is 0 Å². The van der Waals surface area contributed by atoms with Gasteiger partial charge in [0.15, 0.2) is 0 Å². The predicted molar refractivity (Wildman–Crippen MR) is 78.7 cm³/mol. The van der Waals surface area contributed by atoms with E-state index in [4.69, 9.17) is 14.6 Å². The van der Waals surface area contributed by atoms with Crippen LogP contribution >= 0.6 is 0 Å². The minimum absolute atomic E-state index is 0.174. The largest absolute Gasteiger partial charge is 0.481 e. The number of hydrogen-bond donors (Lipinski definition) is 2. The first kappa shape index (κ1) is 17.2. The molecule has 0 bridgehead atoms.